The number of carbonyl (C=O) groups excluding carboxylic acids is 1. The number of aryl methyl sites for hydroxylation is 1. The van der Waals surface area contributed by atoms with Gasteiger partial charge in [-0.25, -0.2) is 4.79 Å². The number of nitrogens with one attached hydrogen (secondary N) is 2. The van der Waals surface area contributed by atoms with Gasteiger partial charge in [-0.2, -0.15) is 0 Å². The summed E-state index contributed by atoms with van der Waals surface area (Å²) in [6.45, 7) is 3.11. The van der Waals surface area contributed by atoms with Gasteiger partial charge in [0.2, 0.25) is 0 Å². The molecule has 0 aliphatic heterocycles. The largest absolute Gasteiger partial charge is 0.465 e. The molecule has 1 aliphatic carbocycles. The minimum Gasteiger partial charge on any atom is -0.465 e. The van der Waals surface area contributed by atoms with E-state index in [0.29, 0.717) is 10.7 Å². The number of carbonyl (C=O) groups is 1. The maximum absolute atomic E-state index is 12.3. The molecule has 0 fully saturated rings. The van der Waals surface area contributed by atoms with Crippen molar-refractivity contribution in [2.45, 2.75) is 77.6 Å². The summed E-state index contributed by atoms with van der Waals surface area (Å²) in [6.07, 6.45) is 13.1. The van der Waals surface area contributed by atoms with Crippen LogP contribution in [0.15, 0.2) is 0 Å². The quantitative estimate of drug-likeness (QED) is 0.251. The van der Waals surface area contributed by atoms with E-state index in [1.165, 1.54) is 62.5 Å². The molecule has 1 heterocycles. The van der Waals surface area contributed by atoms with Crippen LogP contribution in [0, 0.1) is 0 Å². The van der Waals surface area contributed by atoms with Crippen LogP contribution in [0.2, 0.25) is 0 Å². The molecule has 1 aliphatic rings. The molecule has 0 atom stereocenters. The molecule has 0 bridgehead atoms. The molecular formula is C20H32N2O2S2. The number of fused-ring (bicyclic) bond motifs is 1. The minimum atomic E-state index is -0.259. The van der Waals surface area contributed by atoms with Crippen LogP contribution >= 0.6 is 23.6 Å². The first-order chi connectivity index (χ1) is 12.7. The number of anilines is 1. The first kappa shape index (κ1) is 21.2. The lowest BCUT2D eigenvalue weighted by atomic mass is 10.1. The van der Waals surface area contributed by atoms with Crippen molar-refractivity contribution in [2.24, 2.45) is 0 Å². The highest BCUT2D eigenvalue weighted by Crippen LogP contribution is 2.37. The van der Waals surface area contributed by atoms with Crippen molar-refractivity contribution in [2.75, 3.05) is 19.0 Å². The monoisotopic (exact) mass is 396 g/mol. The zero-order chi connectivity index (χ0) is 18.8. The Hall–Kier alpha value is -1.14. The third kappa shape index (κ3) is 6.23. The molecule has 0 unspecified atom stereocenters. The smallest absolute Gasteiger partial charge is 0.341 e. The molecule has 2 rings (SSSR count). The molecule has 26 heavy (non-hydrogen) atoms. The summed E-state index contributed by atoms with van der Waals surface area (Å²) < 4.78 is 5.03. The number of thiocarbonyl (C=S) groups is 1. The molecule has 6 heteroatoms. The zero-order valence-electron chi connectivity index (χ0n) is 16.1. The number of thiophene rings is 1. The van der Waals surface area contributed by atoms with Crippen molar-refractivity contribution >= 4 is 39.6 Å². The van der Waals surface area contributed by atoms with E-state index >= 15 is 0 Å². The highest BCUT2D eigenvalue weighted by molar-refractivity contribution is 7.80. The van der Waals surface area contributed by atoms with Gasteiger partial charge in [0.15, 0.2) is 5.11 Å². The maximum atomic E-state index is 12.3. The minimum absolute atomic E-state index is 0.259. The lowest BCUT2D eigenvalue weighted by Crippen LogP contribution is -2.29. The van der Waals surface area contributed by atoms with Crippen molar-refractivity contribution in [1.29, 1.82) is 0 Å². The summed E-state index contributed by atoms with van der Waals surface area (Å²) >= 11 is 7.10. The first-order valence-electron chi connectivity index (χ1n) is 9.95. The second kappa shape index (κ2) is 11.5. The Morgan fingerprint density at radius 1 is 1.12 bits per heavy atom. The molecule has 1 aromatic heterocycles. The van der Waals surface area contributed by atoms with Gasteiger partial charge in [0, 0.05) is 11.4 Å². The Morgan fingerprint density at radius 3 is 2.62 bits per heavy atom. The van der Waals surface area contributed by atoms with Crippen LogP contribution in [-0.2, 0) is 17.6 Å². The van der Waals surface area contributed by atoms with Gasteiger partial charge in [0.25, 0.3) is 0 Å². The topological polar surface area (TPSA) is 50.4 Å². The second-order valence-electron chi connectivity index (χ2n) is 6.91. The Bertz CT molecular complexity index is 599. The van der Waals surface area contributed by atoms with Crippen molar-refractivity contribution in [3.63, 3.8) is 0 Å². The molecule has 0 amide bonds. The number of hydrogen-bond donors (Lipinski definition) is 2. The highest BCUT2D eigenvalue weighted by atomic mass is 32.1. The fraction of sp³-hybridized carbons (Fsp3) is 0.700. The molecule has 1 aromatic rings. The van der Waals surface area contributed by atoms with Crippen molar-refractivity contribution < 1.29 is 9.53 Å². The van der Waals surface area contributed by atoms with Crippen LogP contribution < -0.4 is 10.6 Å². The number of hydrogen-bond acceptors (Lipinski definition) is 4. The van der Waals surface area contributed by atoms with Gasteiger partial charge in [-0.3, -0.25) is 0 Å². The third-order valence-corrected chi connectivity index (χ3v) is 6.31. The van der Waals surface area contributed by atoms with Gasteiger partial charge in [0.05, 0.1) is 12.7 Å². The average molecular weight is 397 g/mol. The van der Waals surface area contributed by atoms with E-state index in [-0.39, 0.29) is 5.97 Å². The summed E-state index contributed by atoms with van der Waals surface area (Å²) in [7, 11) is 1.45. The number of rotatable bonds is 9. The lowest BCUT2D eigenvalue weighted by molar-refractivity contribution is 0.0601. The molecule has 0 saturated carbocycles. The van der Waals surface area contributed by atoms with Gasteiger partial charge in [-0.1, -0.05) is 45.4 Å². The Kier molecular flexibility index (Phi) is 9.40. The van der Waals surface area contributed by atoms with Crippen molar-refractivity contribution in [3.8, 4) is 0 Å². The van der Waals surface area contributed by atoms with E-state index in [9.17, 15) is 4.79 Å². The SMILES string of the molecule is CCCCCCCCNC(=S)Nc1sc2c(c1C(=O)OC)CCCCC2. The molecule has 146 valence electrons. The highest BCUT2D eigenvalue weighted by Gasteiger charge is 2.25. The van der Waals surface area contributed by atoms with E-state index in [0.717, 1.165) is 37.2 Å². The molecule has 2 N–H and O–H groups in total. The predicted octanol–water partition coefficient (Wildman–Crippen LogP) is 5.45. The number of methoxy groups -OCH3 is 1. The van der Waals surface area contributed by atoms with Gasteiger partial charge in [-0.15, -0.1) is 11.3 Å². The Morgan fingerprint density at radius 2 is 1.85 bits per heavy atom. The lowest BCUT2D eigenvalue weighted by Gasteiger charge is -2.11. The summed E-state index contributed by atoms with van der Waals surface area (Å²) in [5.74, 6) is -0.259. The summed E-state index contributed by atoms with van der Waals surface area (Å²) in [5.41, 5.74) is 1.86. The Balaban J connectivity index is 1.89. The van der Waals surface area contributed by atoms with Gasteiger partial charge in [-0.05, 0) is 49.9 Å². The molecule has 4 nitrogen and oxygen atoms in total. The van der Waals surface area contributed by atoms with E-state index in [1.54, 1.807) is 11.3 Å². The normalized spacial score (nSPS) is 13.6. The van der Waals surface area contributed by atoms with Crippen LogP contribution in [0.5, 0.6) is 0 Å². The zero-order valence-corrected chi connectivity index (χ0v) is 17.8. The fourth-order valence-electron chi connectivity index (χ4n) is 3.40. The molecule has 0 aromatic carbocycles. The van der Waals surface area contributed by atoms with Crippen LogP contribution in [0.4, 0.5) is 5.00 Å². The Labute approximate surface area is 167 Å². The second-order valence-corrected chi connectivity index (χ2v) is 8.42. The van der Waals surface area contributed by atoms with E-state index < -0.39 is 0 Å². The van der Waals surface area contributed by atoms with E-state index in [2.05, 4.69) is 17.6 Å². The van der Waals surface area contributed by atoms with Crippen molar-refractivity contribution in [3.05, 3.63) is 16.0 Å². The fourth-order valence-corrected chi connectivity index (χ4v) is 4.95. The van der Waals surface area contributed by atoms with Crippen molar-refractivity contribution in [1.82, 2.24) is 5.32 Å². The first-order valence-corrected chi connectivity index (χ1v) is 11.2. The summed E-state index contributed by atoms with van der Waals surface area (Å²) in [6, 6.07) is 0. The molecule has 0 saturated heterocycles. The third-order valence-electron chi connectivity index (χ3n) is 4.85. The number of esters is 1. The van der Waals surface area contributed by atoms with Crippen LogP contribution in [0.3, 0.4) is 0 Å². The number of ether oxygens (including phenoxy) is 1. The average Bonchev–Trinajstić information content (AvgIpc) is 2.81. The maximum Gasteiger partial charge on any atom is 0.341 e. The predicted molar refractivity (Wildman–Crippen MR) is 115 cm³/mol. The molecule has 0 radical (unpaired) electrons. The van der Waals surface area contributed by atoms with Gasteiger partial charge >= 0.3 is 5.97 Å². The van der Waals surface area contributed by atoms with Gasteiger partial charge in [0.1, 0.15) is 5.00 Å². The summed E-state index contributed by atoms with van der Waals surface area (Å²) in [4.78, 5) is 13.6. The van der Waals surface area contributed by atoms with Crippen LogP contribution in [0.1, 0.15) is 85.5 Å². The molecule has 0 spiro atoms. The van der Waals surface area contributed by atoms with E-state index in [1.807, 2.05) is 0 Å². The number of unbranched alkanes of at least 4 members (excludes halogenated alkanes) is 5. The van der Waals surface area contributed by atoms with Crippen LogP contribution in [0.25, 0.3) is 0 Å². The summed E-state index contributed by atoms with van der Waals surface area (Å²) in [5, 5.41) is 7.96. The molecular weight excluding hydrogens is 364 g/mol. The van der Waals surface area contributed by atoms with Crippen LogP contribution in [-0.4, -0.2) is 24.7 Å². The standard InChI is InChI=1S/C20H32N2O2S2/c1-3-4-5-6-7-11-14-21-20(25)22-18-17(19(23)24-2)15-12-9-8-10-13-16(15)26-18/h3-14H2,1-2H3,(H2,21,22,25). The van der Waals surface area contributed by atoms with Gasteiger partial charge < -0.3 is 15.4 Å². The van der Waals surface area contributed by atoms with E-state index in [4.69, 9.17) is 17.0 Å².